The maximum Gasteiger partial charge on any atom is 2.00 e. The van der Waals surface area contributed by atoms with Gasteiger partial charge in [-0.2, -0.15) is 0 Å². The van der Waals surface area contributed by atoms with Gasteiger partial charge in [0.15, 0.2) is 0 Å². The molecule has 2 aromatic carbocycles. The van der Waals surface area contributed by atoms with Gasteiger partial charge in [0.05, 0.1) is 0 Å². The molecule has 0 spiro atoms. The summed E-state index contributed by atoms with van der Waals surface area (Å²) in [4.78, 5) is 2.42. The van der Waals surface area contributed by atoms with Gasteiger partial charge in [-0.3, -0.25) is 0 Å². The van der Waals surface area contributed by atoms with Crippen LogP contribution in [0.25, 0.3) is 0 Å². The minimum atomic E-state index is 0. The summed E-state index contributed by atoms with van der Waals surface area (Å²) in [5.74, 6) is 2.09. The molecule has 0 saturated heterocycles. The van der Waals surface area contributed by atoms with Gasteiger partial charge in [-0.15, -0.1) is 0 Å². The van der Waals surface area contributed by atoms with Crippen molar-refractivity contribution in [3.63, 3.8) is 0 Å². The second-order valence-electron chi connectivity index (χ2n) is 10.4. The Morgan fingerprint density at radius 1 is 0.571 bits per heavy atom. The summed E-state index contributed by atoms with van der Waals surface area (Å²) in [5, 5.41) is 7.54. The van der Waals surface area contributed by atoms with E-state index in [4.69, 9.17) is 0 Å². The van der Waals surface area contributed by atoms with E-state index >= 15 is 0 Å². The Balaban J connectivity index is 0. The molecule has 0 bridgehead atoms. The largest absolute Gasteiger partial charge is 2.00 e. The molecule has 0 fully saturated rings. The van der Waals surface area contributed by atoms with Crippen molar-refractivity contribution in [2.45, 2.75) is 79.1 Å². The predicted octanol–water partition coefficient (Wildman–Crippen LogP) is 1.64. The monoisotopic (exact) mass is 566 g/mol. The van der Waals surface area contributed by atoms with E-state index in [1.54, 1.807) is 0 Å². The van der Waals surface area contributed by atoms with E-state index < -0.39 is 0 Å². The van der Waals surface area contributed by atoms with Crippen molar-refractivity contribution in [1.29, 1.82) is 0 Å². The van der Waals surface area contributed by atoms with Crippen LogP contribution in [0.5, 0.6) is 0 Å². The number of rotatable bonds is 12. The molecular weight excluding hydrogens is 520 g/mol. The Kier molecular flexibility index (Phi) is 18.1. The third kappa shape index (κ3) is 10.5. The summed E-state index contributed by atoms with van der Waals surface area (Å²) >= 11 is 0. The summed E-state index contributed by atoms with van der Waals surface area (Å²) in [6.07, 6.45) is 0. The molecule has 0 amide bonds. The molecule has 35 heavy (non-hydrogen) atoms. The molecule has 1 radical (unpaired) electrons. The van der Waals surface area contributed by atoms with Gasteiger partial charge < -0.3 is 40.3 Å². The van der Waals surface area contributed by atoms with Gasteiger partial charge in [0, 0.05) is 37.6 Å². The van der Waals surface area contributed by atoms with Crippen LogP contribution in [0.15, 0.2) is 36.4 Å². The molecule has 0 unspecified atom stereocenters. The topological polar surface area (TPSA) is 27.3 Å². The molecular formula is C29H47Cl2CoN3. The van der Waals surface area contributed by atoms with Crippen LogP contribution in [0.1, 0.15) is 101 Å². The molecule has 0 atom stereocenters. The summed E-state index contributed by atoms with van der Waals surface area (Å²) in [7, 11) is 2.22. The van der Waals surface area contributed by atoms with Gasteiger partial charge in [0.1, 0.15) is 0 Å². The fourth-order valence-electron chi connectivity index (χ4n) is 4.37. The molecule has 2 N–H and O–H groups in total. The summed E-state index contributed by atoms with van der Waals surface area (Å²) in [5.41, 5.74) is 8.38. The van der Waals surface area contributed by atoms with Gasteiger partial charge in [-0.05, 0) is 53.0 Å². The quantitative estimate of drug-likeness (QED) is 0.409. The Labute approximate surface area is 238 Å². The normalized spacial score (nSPS) is 10.9. The van der Waals surface area contributed by atoms with E-state index in [2.05, 4.69) is 114 Å². The summed E-state index contributed by atoms with van der Waals surface area (Å²) < 4.78 is 0. The second kappa shape index (κ2) is 17.5. The number of para-hydroxylation sites is 2. The molecule has 0 aliphatic rings. The third-order valence-electron chi connectivity index (χ3n) is 6.34. The Bertz CT molecular complexity index is 732. The zero-order valence-electron chi connectivity index (χ0n) is 23.1. The minimum Gasteiger partial charge on any atom is -1.00 e. The van der Waals surface area contributed by atoms with Crippen LogP contribution < -0.4 is 35.4 Å². The average molecular weight is 568 g/mol. The van der Waals surface area contributed by atoms with Crippen molar-refractivity contribution in [2.24, 2.45) is 0 Å². The van der Waals surface area contributed by atoms with Crippen LogP contribution >= 0.6 is 0 Å². The van der Waals surface area contributed by atoms with Gasteiger partial charge in [0.2, 0.25) is 0 Å². The molecule has 3 nitrogen and oxygen atoms in total. The van der Waals surface area contributed by atoms with Crippen LogP contribution in [-0.2, 0) is 16.8 Å². The number of likely N-dealkylation sites (N-methyl/N-ethyl adjacent to an activating group) is 1. The third-order valence-corrected chi connectivity index (χ3v) is 6.34. The van der Waals surface area contributed by atoms with Crippen LogP contribution in [0.4, 0.5) is 11.4 Å². The number of halogens is 2. The Hall–Kier alpha value is -0.914. The van der Waals surface area contributed by atoms with Crippen LogP contribution in [-0.4, -0.2) is 38.1 Å². The number of nitrogens with zero attached hydrogens (tertiary/aromatic N) is 1. The van der Waals surface area contributed by atoms with Crippen LogP contribution in [0.2, 0.25) is 0 Å². The first kappa shape index (κ1) is 36.2. The van der Waals surface area contributed by atoms with E-state index in [-0.39, 0.29) is 41.6 Å². The fraction of sp³-hybridized carbons (Fsp3) is 0.586. The number of benzene rings is 2. The predicted molar refractivity (Wildman–Crippen MR) is 144 cm³/mol. The molecule has 0 saturated carbocycles. The molecule has 0 heterocycles. The zero-order chi connectivity index (χ0) is 23.8. The minimum absolute atomic E-state index is 0. The second-order valence-corrected chi connectivity index (χ2v) is 10.4. The van der Waals surface area contributed by atoms with Crippen LogP contribution in [0.3, 0.4) is 0 Å². The average Bonchev–Trinajstić information content (AvgIpc) is 2.73. The Morgan fingerprint density at radius 2 is 0.829 bits per heavy atom. The van der Waals surface area contributed by atoms with Crippen molar-refractivity contribution in [1.82, 2.24) is 4.90 Å². The van der Waals surface area contributed by atoms with Crippen LogP contribution in [0, 0.1) is 0 Å². The molecule has 0 aromatic heterocycles. The standard InChI is InChI=1S/C29H47N3.2ClH.Co/c1-20(2)24-12-10-13-25(21(3)4)28(24)30-16-18-32(9)19-17-31-29-26(22(5)6)14-11-15-27(29)23(7)8;;;/h10-15,20-23,30-31H,16-19H2,1-9H3;2*1H;/q;;;+2/p-2. The van der Waals surface area contributed by atoms with Crippen molar-refractivity contribution >= 4 is 11.4 Å². The van der Waals surface area contributed by atoms with Crippen molar-refractivity contribution in [2.75, 3.05) is 43.9 Å². The van der Waals surface area contributed by atoms with E-state index in [0.29, 0.717) is 23.7 Å². The number of anilines is 2. The van der Waals surface area contributed by atoms with E-state index in [1.165, 1.54) is 33.6 Å². The van der Waals surface area contributed by atoms with Gasteiger partial charge in [0.25, 0.3) is 0 Å². The Morgan fingerprint density at radius 3 is 1.06 bits per heavy atom. The molecule has 2 rings (SSSR count). The zero-order valence-corrected chi connectivity index (χ0v) is 25.7. The van der Waals surface area contributed by atoms with Gasteiger partial charge >= 0.3 is 16.8 Å². The van der Waals surface area contributed by atoms with Gasteiger partial charge in [-0.25, -0.2) is 0 Å². The summed E-state index contributed by atoms with van der Waals surface area (Å²) in [6.45, 7) is 22.2. The molecule has 201 valence electrons. The fourth-order valence-corrected chi connectivity index (χ4v) is 4.37. The van der Waals surface area contributed by atoms with E-state index in [9.17, 15) is 0 Å². The van der Waals surface area contributed by atoms with E-state index in [1.807, 2.05) is 0 Å². The molecule has 0 aliphatic heterocycles. The maximum atomic E-state index is 3.77. The molecule has 0 aliphatic carbocycles. The van der Waals surface area contributed by atoms with E-state index in [0.717, 1.165) is 26.2 Å². The van der Waals surface area contributed by atoms with Crippen molar-refractivity contribution in [3.05, 3.63) is 58.7 Å². The molecule has 6 heteroatoms. The number of hydrogen-bond donors (Lipinski definition) is 2. The molecule has 2 aromatic rings. The first-order valence-corrected chi connectivity index (χ1v) is 12.5. The summed E-state index contributed by atoms with van der Waals surface area (Å²) in [6, 6.07) is 13.5. The smallest absolute Gasteiger partial charge is 1.00 e. The first-order valence-electron chi connectivity index (χ1n) is 12.5. The van der Waals surface area contributed by atoms with Crippen molar-refractivity contribution < 1.29 is 41.6 Å². The SMILES string of the molecule is CC(C)c1cccc(C(C)C)c1NCCN(C)CCNc1c(C(C)C)cccc1C(C)C.[Cl-].[Cl-].[Co+2]. The van der Waals surface area contributed by atoms with Crippen molar-refractivity contribution in [3.8, 4) is 0 Å². The first-order chi connectivity index (χ1) is 15.1. The maximum absolute atomic E-state index is 3.77. The van der Waals surface area contributed by atoms with Gasteiger partial charge in [-0.1, -0.05) is 91.8 Å². The number of nitrogens with one attached hydrogen (secondary N) is 2. The number of hydrogen-bond acceptors (Lipinski definition) is 3.